The van der Waals surface area contributed by atoms with E-state index in [1.807, 2.05) is 11.4 Å². The summed E-state index contributed by atoms with van der Waals surface area (Å²) in [6.07, 6.45) is 0.361. The molecule has 2 aromatic rings. The van der Waals surface area contributed by atoms with Crippen LogP contribution in [0.5, 0.6) is 0 Å². The maximum absolute atomic E-state index is 13.5. The quantitative estimate of drug-likeness (QED) is 0.837. The predicted molar refractivity (Wildman–Crippen MR) is 69.0 cm³/mol. The molecule has 1 aromatic heterocycles. The van der Waals surface area contributed by atoms with Gasteiger partial charge in [0, 0.05) is 27.4 Å². The largest absolute Gasteiger partial charge is 0.324 e. The molecule has 0 spiro atoms. The molecule has 2 rings (SSSR count). The molecule has 0 bridgehead atoms. The van der Waals surface area contributed by atoms with E-state index in [0.717, 1.165) is 15.4 Å². The van der Waals surface area contributed by atoms with E-state index in [9.17, 15) is 13.2 Å². The van der Waals surface area contributed by atoms with Crippen LogP contribution in [0.25, 0.3) is 0 Å². The van der Waals surface area contributed by atoms with Crippen LogP contribution in [0.1, 0.15) is 16.5 Å². The number of rotatable bonds is 3. The van der Waals surface area contributed by atoms with Crippen LogP contribution in [0.2, 0.25) is 0 Å². The van der Waals surface area contributed by atoms with E-state index >= 15 is 0 Å². The molecule has 6 heteroatoms. The summed E-state index contributed by atoms with van der Waals surface area (Å²) in [7, 11) is 0. The first kappa shape index (κ1) is 13.6. The summed E-state index contributed by atoms with van der Waals surface area (Å²) < 4.78 is 40.3. The van der Waals surface area contributed by atoms with Gasteiger partial charge >= 0.3 is 0 Å². The van der Waals surface area contributed by atoms with Gasteiger partial charge in [0.05, 0.1) is 0 Å². The van der Waals surface area contributed by atoms with Gasteiger partial charge in [-0.15, -0.1) is 11.3 Å². The molecule has 0 saturated heterocycles. The summed E-state index contributed by atoms with van der Waals surface area (Å²) >= 11 is 4.81. The van der Waals surface area contributed by atoms with Crippen molar-refractivity contribution in [2.75, 3.05) is 0 Å². The van der Waals surface area contributed by atoms with Gasteiger partial charge in [-0.05, 0) is 33.4 Å². The molecular weight excluding hydrogens is 327 g/mol. The van der Waals surface area contributed by atoms with Gasteiger partial charge in [-0.1, -0.05) is 6.07 Å². The Morgan fingerprint density at radius 2 is 1.89 bits per heavy atom. The third kappa shape index (κ3) is 2.60. The highest BCUT2D eigenvalue weighted by Gasteiger charge is 2.19. The Kier molecular flexibility index (Phi) is 4.09. The average molecular weight is 336 g/mol. The molecule has 1 aromatic carbocycles. The summed E-state index contributed by atoms with van der Waals surface area (Å²) in [6, 6.07) is 3.21. The van der Waals surface area contributed by atoms with Gasteiger partial charge in [-0.3, -0.25) is 0 Å². The molecule has 1 unspecified atom stereocenters. The Hall–Kier alpha value is -0.850. The third-order valence-corrected chi connectivity index (χ3v) is 4.51. The second-order valence-electron chi connectivity index (χ2n) is 3.77. The second kappa shape index (κ2) is 5.42. The van der Waals surface area contributed by atoms with Crippen molar-refractivity contribution in [3.8, 4) is 0 Å². The van der Waals surface area contributed by atoms with E-state index in [1.54, 1.807) is 0 Å². The van der Waals surface area contributed by atoms with Crippen LogP contribution in [0.4, 0.5) is 13.2 Å². The number of hydrogen-bond donors (Lipinski definition) is 1. The lowest BCUT2D eigenvalue weighted by atomic mass is 10.0. The first-order valence-electron chi connectivity index (χ1n) is 5.11. The zero-order valence-electron chi connectivity index (χ0n) is 9.09. The van der Waals surface area contributed by atoms with E-state index in [-0.39, 0.29) is 5.56 Å². The summed E-state index contributed by atoms with van der Waals surface area (Å²) in [4.78, 5) is 0.937. The maximum Gasteiger partial charge on any atom is 0.194 e. The standard InChI is InChI=1S/C12H9BrF3NS/c13-7-3-4-18-10(7)5-9(17)6-1-2-8(14)12(16)11(6)15/h1-4,9H,5,17H2. The number of hydrogen-bond acceptors (Lipinski definition) is 2. The van der Waals surface area contributed by atoms with Crippen molar-refractivity contribution in [1.82, 2.24) is 0 Å². The van der Waals surface area contributed by atoms with Crippen molar-refractivity contribution >= 4 is 27.3 Å². The minimum absolute atomic E-state index is 0.0193. The highest BCUT2D eigenvalue weighted by Crippen LogP contribution is 2.29. The Labute approximate surface area is 115 Å². The van der Waals surface area contributed by atoms with Gasteiger partial charge in [0.1, 0.15) is 0 Å². The zero-order chi connectivity index (χ0) is 13.3. The van der Waals surface area contributed by atoms with E-state index in [0.29, 0.717) is 6.42 Å². The topological polar surface area (TPSA) is 26.0 Å². The van der Waals surface area contributed by atoms with Crippen molar-refractivity contribution in [1.29, 1.82) is 0 Å². The summed E-state index contributed by atoms with van der Waals surface area (Å²) in [5.74, 6) is -3.90. The molecule has 2 N–H and O–H groups in total. The fraction of sp³-hybridized carbons (Fsp3) is 0.167. The maximum atomic E-state index is 13.5. The predicted octanol–water partition coefficient (Wildman–Crippen LogP) is 4.17. The van der Waals surface area contributed by atoms with Gasteiger partial charge in [-0.25, -0.2) is 13.2 Å². The van der Waals surface area contributed by atoms with Crippen LogP contribution in [-0.4, -0.2) is 0 Å². The Balaban J connectivity index is 2.27. The molecule has 0 aliphatic carbocycles. The molecule has 0 saturated carbocycles. The zero-order valence-corrected chi connectivity index (χ0v) is 11.5. The first-order valence-corrected chi connectivity index (χ1v) is 6.78. The van der Waals surface area contributed by atoms with Crippen molar-refractivity contribution in [2.24, 2.45) is 5.73 Å². The van der Waals surface area contributed by atoms with E-state index in [4.69, 9.17) is 5.73 Å². The molecular formula is C12H9BrF3NS. The van der Waals surface area contributed by atoms with Gasteiger partial charge in [0.25, 0.3) is 0 Å². The van der Waals surface area contributed by atoms with Crippen LogP contribution in [0.15, 0.2) is 28.1 Å². The minimum Gasteiger partial charge on any atom is -0.324 e. The highest BCUT2D eigenvalue weighted by atomic mass is 79.9. The van der Waals surface area contributed by atoms with Crippen LogP contribution in [0, 0.1) is 17.5 Å². The van der Waals surface area contributed by atoms with Gasteiger partial charge in [0.2, 0.25) is 0 Å². The molecule has 0 amide bonds. The Morgan fingerprint density at radius 1 is 1.17 bits per heavy atom. The lowest BCUT2D eigenvalue weighted by Crippen LogP contribution is -2.16. The summed E-state index contributed by atoms with van der Waals surface area (Å²) in [5, 5.41) is 1.87. The molecule has 1 nitrogen and oxygen atoms in total. The lowest BCUT2D eigenvalue weighted by Gasteiger charge is -2.13. The summed E-state index contributed by atoms with van der Waals surface area (Å²) in [5.41, 5.74) is 5.81. The van der Waals surface area contributed by atoms with Gasteiger partial charge in [0.15, 0.2) is 17.5 Å². The smallest absolute Gasteiger partial charge is 0.194 e. The molecule has 96 valence electrons. The minimum atomic E-state index is -1.48. The van der Waals surface area contributed by atoms with E-state index in [1.165, 1.54) is 17.4 Å². The third-order valence-electron chi connectivity index (χ3n) is 2.56. The van der Waals surface area contributed by atoms with Crippen LogP contribution in [-0.2, 0) is 6.42 Å². The normalized spacial score (nSPS) is 12.7. The fourth-order valence-electron chi connectivity index (χ4n) is 1.61. The van der Waals surface area contributed by atoms with Gasteiger partial charge < -0.3 is 5.73 Å². The van der Waals surface area contributed by atoms with Crippen molar-refractivity contribution in [3.05, 3.63) is 55.9 Å². The van der Waals surface area contributed by atoms with Crippen LogP contribution >= 0.6 is 27.3 Å². The van der Waals surface area contributed by atoms with Crippen LogP contribution in [0.3, 0.4) is 0 Å². The Morgan fingerprint density at radius 3 is 2.50 bits per heavy atom. The molecule has 0 aliphatic rings. The number of benzene rings is 1. The summed E-state index contributed by atoms with van der Waals surface area (Å²) in [6.45, 7) is 0. The lowest BCUT2D eigenvalue weighted by molar-refractivity contribution is 0.435. The molecule has 1 heterocycles. The van der Waals surface area contributed by atoms with E-state index in [2.05, 4.69) is 15.9 Å². The highest BCUT2D eigenvalue weighted by molar-refractivity contribution is 9.10. The Bertz CT molecular complexity index is 570. The number of thiophene rings is 1. The SMILES string of the molecule is NC(Cc1sccc1Br)c1ccc(F)c(F)c1F. The second-order valence-corrected chi connectivity index (χ2v) is 5.62. The molecule has 0 radical (unpaired) electrons. The molecule has 0 fully saturated rings. The van der Waals surface area contributed by atoms with E-state index < -0.39 is 23.5 Å². The first-order chi connectivity index (χ1) is 8.50. The van der Waals surface area contributed by atoms with Crippen molar-refractivity contribution in [2.45, 2.75) is 12.5 Å². The average Bonchev–Trinajstić information content (AvgIpc) is 2.72. The fourth-order valence-corrected chi connectivity index (χ4v) is 3.18. The molecule has 0 aliphatic heterocycles. The van der Waals surface area contributed by atoms with Crippen LogP contribution < -0.4 is 5.73 Å². The van der Waals surface area contributed by atoms with Crippen molar-refractivity contribution < 1.29 is 13.2 Å². The number of halogens is 4. The monoisotopic (exact) mass is 335 g/mol. The number of nitrogens with two attached hydrogens (primary N) is 1. The van der Waals surface area contributed by atoms with Crippen molar-refractivity contribution in [3.63, 3.8) is 0 Å². The molecule has 18 heavy (non-hydrogen) atoms. The van der Waals surface area contributed by atoms with Gasteiger partial charge in [-0.2, -0.15) is 0 Å². The molecule has 1 atom stereocenters.